The number of aryl methyl sites for hydroxylation is 1. The Morgan fingerprint density at radius 2 is 1.80 bits per heavy atom. The van der Waals surface area contributed by atoms with Crippen LogP contribution >= 0.6 is 0 Å². The molecule has 1 aliphatic heterocycles. The number of benzene rings is 2. The van der Waals surface area contributed by atoms with Crippen LogP contribution in [0.1, 0.15) is 56.0 Å². The molecule has 0 saturated carbocycles. The first-order valence-electron chi connectivity index (χ1n) is 9.51. The molecule has 30 heavy (non-hydrogen) atoms. The van der Waals surface area contributed by atoms with Crippen LogP contribution in [0.4, 0.5) is 0 Å². The van der Waals surface area contributed by atoms with Gasteiger partial charge < -0.3 is 24.2 Å². The summed E-state index contributed by atoms with van der Waals surface area (Å²) in [5.41, 5.74) is 0.752. The summed E-state index contributed by atoms with van der Waals surface area (Å²) < 4.78 is 17.0. The molecule has 1 aliphatic rings. The van der Waals surface area contributed by atoms with E-state index in [2.05, 4.69) is 0 Å². The molecule has 0 unspecified atom stereocenters. The Labute approximate surface area is 174 Å². The number of hydrogen-bond acceptors (Lipinski definition) is 7. The third-order valence-electron chi connectivity index (χ3n) is 5.15. The van der Waals surface area contributed by atoms with Crippen molar-refractivity contribution in [1.29, 1.82) is 0 Å². The Balaban J connectivity index is 2.36. The smallest absolute Gasteiger partial charge is 0.347 e. The molecule has 3 rings (SSSR count). The second-order valence-corrected chi connectivity index (χ2v) is 6.83. The molecule has 8 heteroatoms. The molecule has 8 nitrogen and oxygen atoms in total. The quantitative estimate of drug-likeness (QED) is 0.453. The minimum atomic E-state index is -0.762. The number of carbonyl (C=O) groups is 3. The highest BCUT2D eigenvalue weighted by molar-refractivity contribution is 6.04. The fraction of sp³-hybridized carbons (Fsp3) is 0.318. The van der Waals surface area contributed by atoms with Crippen molar-refractivity contribution in [2.75, 3.05) is 20.2 Å². The highest BCUT2D eigenvalue weighted by atomic mass is 16.6. The second kappa shape index (κ2) is 8.06. The summed E-state index contributed by atoms with van der Waals surface area (Å²) in [6.07, 6.45) is 0.397. The number of esters is 1. The van der Waals surface area contributed by atoms with E-state index in [9.17, 15) is 19.5 Å². The minimum Gasteiger partial charge on any atom is -0.507 e. The fourth-order valence-electron chi connectivity index (χ4n) is 3.49. The number of phenols is 1. The second-order valence-electron chi connectivity index (χ2n) is 6.83. The molecule has 1 amide bonds. The fourth-order valence-corrected chi connectivity index (χ4v) is 3.49. The van der Waals surface area contributed by atoms with Crippen LogP contribution < -0.4 is 14.2 Å². The lowest BCUT2D eigenvalue weighted by Gasteiger charge is -2.22. The average molecular weight is 413 g/mol. The zero-order valence-corrected chi connectivity index (χ0v) is 17.5. The molecule has 158 valence electrons. The first-order valence-corrected chi connectivity index (χ1v) is 9.51. The Bertz CT molecular complexity index is 1050. The van der Waals surface area contributed by atoms with E-state index in [0.717, 1.165) is 0 Å². The Morgan fingerprint density at radius 3 is 2.37 bits per heavy atom. The summed E-state index contributed by atoms with van der Waals surface area (Å²) in [6.45, 7) is 7.84. The Morgan fingerprint density at radius 1 is 1.13 bits per heavy atom. The van der Waals surface area contributed by atoms with Crippen LogP contribution in [-0.2, 0) is 0 Å². The van der Waals surface area contributed by atoms with Gasteiger partial charge in [-0.15, -0.1) is 0 Å². The summed E-state index contributed by atoms with van der Waals surface area (Å²) in [6, 6.07) is 2.81. The van der Waals surface area contributed by atoms with Gasteiger partial charge in [0.1, 0.15) is 17.1 Å². The minimum absolute atomic E-state index is 0.00528. The number of aromatic hydroxyl groups is 1. The highest BCUT2D eigenvalue weighted by Gasteiger charge is 2.34. The summed E-state index contributed by atoms with van der Waals surface area (Å²) in [4.78, 5) is 39.3. The van der Waals surface area contributed by atoms with Crippen molar-refractivity contribution in [2.45, 2.75) is 27.7 Å². The first kappa shape index (κ1) is 21.2. The molecule has 0 bridgehead atoms. The number of fused-ring (bicyclic) bond motifs is 2. The van der Waals surface area contributed by atoms with Gasteiger partial charge in [0.2, 0.25) is 0 Å². The van der Waals surface area contributed by atoms with E-state index in [-0.39, 0.29) is 45.6 Å². The monoisotopic (exact) mass is 413 g/mol. The summed E-state index contributed by atoms with van der Waals surface area (Å²) >= 11 is 0. The predicted molar refractivity (Wildman–Crippen MR) is 108 cm³/mol. The van der Waals surface area contributed by atoms with E-state index in [1.807, 2.05) is 13.8 Å². The maximum atomic E-state index is 13.2. The predicted octanol–water partition coefficient (Wildman–Crippen LogP) is 3.64. The number of hydrogen-bond donors (Lipinski definition) is 1. The van der Waals surface area contributed by atoms with E-state index in [4.69, 9.17) is 14.2 Å². The number of methoxy groups -OCH3 is 1. The molecular weight excluding hydrogens is 390 g/mol. The number of aldehydes is 1. The maximum Gasteiger partial charge on any atom is 0.347 e. The van der Waals surface area contributed by atoms with Crippen LogP contribution in [0.3, 0.4) is 0 Å². The Kier molecular flexibility index (Phi) is 5.69. The van der Waals surface area contributed by atoms with Gasteiger partial charge in [-0.3, -0.25) is 9.59 Å². The van der Waals surface area contributed by atoms with E-state index >= 15 is 0 Å². The lowest BCUT2D eigenvalue weighted by Crippen LogP contribution is -2.30. The van der Waals surface area contributed by atoms with Crippen molar-refractivity contribution >= 4 is 18.2 Å². The topological polar surface area (TPSA) is 102 Å². The van der Waals surface area contributed by atoms with E-state index in [1.54, 1.807) is 18.7 Å². The molecule has 0 aromatic heterocycles. The van der Waals surface area contributed by atoms with Gasteiger partial charge in [-0.05, 0) is 45.4 Å². The maximum absolute atomic E-state index is 13.2. The van der Waals surface area contributed by atoms with Crippen molar-refractivity contribution in [2.24, 2.45) is 0 Å². The van der Waals surface area contributed by atoms with Crippen LogP contribution in [0, 0.1) is 13.8 Å². The van der Waals surface area contributed by atoms with Crippen molar-refractivity contribution in [3.8, 4) is 28.7 Å². The van der Waals surface area contributed by atoms with Crippen LogP contribution in [0.5, 0.6) is 28.7 Å². The SMILES string of the molecule is CCN(CC)C(=O)c1cc(OC)c(C)c2c1Oc1c(C=O)c(O)cc(C)c1C(=O)O2. The van der Waals surface area contributed by atoms with Gasteiger partial charge in [-0.2, -0.15) is 0 Å². The van der Waals surface area contributed by atoms with Gasteiger partial charge in [-0.1, -0.05) is 0 Å². The molecule has 0 saturated heterocycles. The van der Waals surface area contributed by atoms with E-state index in [0.29, 0.717) is 36.3 Å². The number of amides is 1. The van der Waals surface area contributed by atoms with Crippen molar-refractivity contribution in [3.05, 3.63) is 39.9 Å². The molecule has 0 spiro atoms. The van der Waals surface area contributed by atoms with Gasteiger partial charge in [-0.25, -0.2) is 4.79 Å². The number of carbonyl (C=O) groups excluding carboxylic acids is 3. The van der Waals surface area contributed by atoms with Crippen LogP contribution in [0.2, 0.25) is 0 Å². The summed E-state index contributed by atoms with van der Waals surface area (Å²) in [5.74, 6) is -1.22. The van der Waals surface area contributed by atoms with Crippen LogP contribution in [0.15, 0.2) is 12.1 Å². The van der Waals surface area contributed by atoms with Crippen molar-refractivity contribution < 1.29 is 33.7 Å². The number of nitrogens with zero attached hydrogens (tertiary/aromatic N) is 1. The Hall–Kier alpha value is -3.55. The standard InChI is InChI=1S/C22H23NO7/c1-6-23(7-2)21(26)13-9-16(28-5)12(4)18-20(13)29-19-14(10-24)15(25)8-11(3)17(19)22(27)30-18/h8-10,25H,6-7H2,1-5H3. The molecule has 0 radical (unpaired) electrons. The third kappa shape index (κ3) is 3.24. The molecule has 1 heterocycles. The van der Waals surface area contributed by atoms with E-state index in [1.165, 1.54) is 19.2 Å². The first-order chi connectivity index (χ1) is 14.3. The molecule has 1 N–H and O–H groups in total. The normalized spacial score (nSPS) is 12.1. The molecule has 0 aliphatic carbocycles. The summed E-state index contributed by atoms with van der Waals surface area (Å²) in [7, 11) is 1.45. The zero-order chi connectivity index (χ0) is 22.2. The molecule has 0 atom stereocenters. The number of ether oxygens (including phenoxy) is 3. The lowest BCUT2D eigenvalue weighted by molar-refractivity contribution is 0.0727. The van der Waals surface area contributed by atoms with Crippen molar-refractivity contribution in [1.82, 2.24) is 4.90 Å². The zero-order valence-electron chi connectivity index (χ0n) is 17.5. The van der Waals surface area contributed by atoms with Gasteiger partial charge in [0, 0.05) is 18.7 Å². The molecule has 2 aromatic rings. The number of phenolic OH excluding ortho intramolecular Hbond substituents is 1. The summed E-state index contributed by atoms with van der Waals surface area (Å²) in [5, 5.41) is 10.2. The van der Waals surface area contributed by atoms with Crippen LogP contribution in [0.25, 0.3) is 0 Å². The van der Waals surface area contributed by atoms with Crippen LogP contribution in [-0.4, -0.2) is 48.4 Å². The highest BCUT2D eigenvalue weighted by Crippen LogP contribution is 2.48. The third-order valence-corrected chi connectivity index (χ3v) is 5.15. The number of rotatable bonds is 5. The lowest BCUT2D eigenvalue weighted by atomic mass is 10.0. The molecular formula is C22H23NO7. The average Bonchev–Trinajstić information content (AvgIpc) is 2.86. The van der Waals surface area contributed by atoms with Gasteiger partial charge in [0.25, 0.3) is 5.91 Å². The molecule has 2 aromatic carbocycles. The van der Waals surface area contributed by atoms with Gasteiger partial charge >= 0.3 is 5.97 Å². The molecule has 0 fully saturated rings. The van der Waals surface area contributed by atoms with Gasteiger partial charge in [0.05, 0.1) is 18.2 Å². The van der Waals surface area contributed by atoms with Crippen molar-refractivity contribution in [3.63, 3.8) is 0 Å². The van der Waals surface area contributed by atoms with E-state index < -0.39 is 5.97 Å². The van der Waals surface area contributed by atoms with Gasteiger partial charge in [0.15, 0.2) is 23.5 Å². The largest absolute Gasteiger partial charge is 0.507 e.